The predicted octanol–water partition coefficient (Wildman–Crippen LogP) is 1.72. The van der Waals surface area contributed by atoms with Gasteiger partial charge in [0, 0.05) is 37.6 Å². The normalized spacial score (nSPS) is 18.6. The molecule has 0 amide bonds. The molecule has 0 saturated carbocycles. The molecule has 0 atom stereocenters. The SMILES string of the molecule is CCc1ccsc1CN1CCNCC1. The van der Waals surface area contributed by atoms with Crippen molar-refractivity contribution in [2.24, 2.45) is 0 Å². The highest BCUT2D eigenvalue weighted by molar-refractivity contribution is 7.10. The van der Waals surface area contributed by atoms with Crippen molar-refractivity contribution >= 4 is 11.3 Å². The maximum absolute atomic E-state index is 3.38. The Labute approximate surface area is 89.9 Å². The largest absolute Gasteiger partial charge is 0.314 e. The summed E-state index contributed by atoms with van der Waals surface area (Å²) >= 11 is 1.91. The summed E-state index contributed by atoms with van der Waals surface area (Å²) in [6.07, 6.45) is 1.17. The summed E-state index contributed by atoms with van der Waals surface area (Å²) in [6.45, 7) is 8.08. The minimum absolute atomic E-state index is 1.15. The Morgan fingerprint density at radius 3 is 2.93 bits per heavy atom. The highest BCUT2D eigenvalue weighted by Crippen LogP contribution is 2.19. The van der Waals surface area contributed by atoms with Crippen LogP contribution < -0.4 is 5.32 Å². The first kappa shape index (κ1) is 10.1. The number of piperazine rings is 1. The van der Waals surface area contributed by atoms with Crippen LogP contribution in [0, 0.1) is 0 Å². The quantitative estimate of drug-likeness (QED) is 0.817. The maximum atomic E-state index is 3.38. The van der Waals surface area contributed by atoms with E-state index in [1.165, 1.54) is 25.1 Å². The summed E-state index contributed by atoms with van der Waals surface area (Å²) < 4.78 is 0. The lowest BCUT2D eigenvalue weighted by Crippen LogP contribution is -2.42. The van der Waals surface area contributed by atoms with Crippen molar-refractivity contribution in [1.82, 2.24) is 10.2 Å². The molecule has 1 aromatic rings. The van der Waals surface area contributed by atoms with Gasteiger partial charge in [-0.1, -0.05) is 6.92 Å². The molecular weight excluding hydrogens is 192 g/mol. The molecule has 14 heavy (non-hydrogen) atoms. The van der Waals surface area contributed by atoms with E-state index in [2.05, 4.69) is 28.6 Å². The van der Waals surface area contributed by atoms with Crippen molar-refractivity contribution < 1.29 is 0 Å². The van der Waals surface area contributed by atoms with E-state index in [1.807, 2.05) is 11.3 Å². The molecule has 1 aliphatic rings. The molecule has 1 N–H and O–H groups in total. The summed E-state index contributed by atoms with van der Waals surface area (Å²) in [7, 11) is 0. The van der Waals surface area contributed by atoms with Crippen LogP contribution >= 0.6 is 11.3 Å². The van der Waals surface area contributed by atoms with Gasteiger partial charge in [-0.05, 0) is 23.4 Å². The standard InChI is InChI=1S/C11H18N2S/c1-2-10-3-8-14-11(10)9-13-6-4-12-5-7-13/h3,8,12H,2,4-7,9H2,1H3. The van der Waals surface area contributed by atoms with E-state index in [9.17, 15) is 0 Å². The van der Waals surface area contributed by atoms with Gasteiger partial charge < -0.3 is 5.32 Å². The third-order valence-corrected chi connectivity index (χ3v) is 3.74. The summed E-state index contributed by atoms with van der Waals surface area (Å²) in [4.78, 5) is 4.11. The Bertz CT molecular complexity index is 277. The number of nitrogens with one attached hydrogen (secondary N) is 1. The molecule has 2 rings (SSSR count). The highest BCUT2D eigenvalue weighted by Gasteiger charge is 2.12. The van der Waals surface area contributed by atoms with Crippen LogP contribution in [0.2, 0.25) is 0 Å². The summed E-state index contributed by atoms with van der Waals surface area (Å²) in [5.74, 6) is 0. The minimum Gasteiger partial charge on any atom is -0.314 e. The van der Waals surface area contributed by atoms with Crippen LogP contribution in [-0.4, -0.2) is 31.1 Å². The fraction of sp³-hybridized carbons (Fsp3) is 0.636. The number of aryl methyl sites for hydroxylation is 1. The molecule has 0 bridgehead atoms. The van der Waals surface area contributed by atoms with Gasteiger partial charge in [-0.3, -0.25) is 4.90 Å². The first-order valence-electron chi connectivity index (χ1n) is 5.38. The second-order valence-corrected chi connectivity index (χ2v) is 4.75. The first-order valence-corrected chi connectivity index (χ1v) is 6.26. The van der Waals surface area contributed by atoms with Crippen LogP contribution in [0.1, 0.15) is 17.4 Å². The molecule has 2 nitrogen and oxygen atoms in total. The molecule has 0 aromatic carbocycles. The third kappa shape index (κ3) is 2.35. The molecule has 0 unspecified atom stereocenters. The van der Waals surface area contributed by atoms with Crippen LogP contribution in [0.15, 0.2) is 11.4 Å². The third-order valence-electron chi connectivity index (χ3n) is 2.80. The molecule has 1 aliphatic heterocycles. The molecule has 0 spiro atoms. The zero-order valence-corrected chi connectivity index (χ0v) is 9.57. The minimum atomic E-state index is 1.15. The molecular formula is C11H18N2S. The second kappa shape index (κ2) is 4.91. The maximum Gasteiger partial charge on any atom is 0.0331 e. The lowest BCUT2D eigenvalue weighted by molar-refractivity contribution is 0.234. The Morgan fingerprint density at radius 2 is 2.21 bits per heavy atom. The van der Waals surface area contributed by atoms with E-state index in [0.29, 0.717) is 0 Å². The Morgan fingerprint density at radius 1 is 1.43 bits per heavy atom. The van der Waals surface area contributed by atoms with Gasteiger partial charge in [0.25, 0.3) is 0 Å². The zero-order chi connectivity index (χ0) is 9.80. The van der Waals surface area contributed by atoms with E-state index in [0.717, 1.165) is 19.6 Å². The average Bonchev–Trinajstić information content (AvgIpc) is 2.67. The highest BCUT2D eigenvalue weighted by atomic mass is 32.1. The fourth-order valence-electron chi connectivity index (χ4n) is 1.89. The number of hydrogen-bond donors (Lipinski definition) is 1. The average molecular weight is 210 g/mol. The van der Waals surface area contributed by atoms with Gasteiger partial charge in [-0.25, -0.2) is 0 Å². The van der Waals surface area contributed by atoms with Crippen molar-refractivity contribution in [3.63, 3.8) is 0 Å². The number of hydrogen-bond acceptors (Lipinski definition) is 3. The van der Waals surface area contributed by atoms with Crippen molar-refractivity contribution in [2.45, 2.75) is 19.9 Å². The van der Waals surface area contributed by atoms with Crippen molar-refractivity contribution in [1.29, 1.82) is 0 Å². The van der Waals surface area contributed by atoms with E-state index in [-0.39, 0.29) is 0 Å². The Balaban J connectivity index is 1.95. The van der Waals surface area contributed by atoms with Crippen LogP contribution in [-0.2, 0) is 13.0 Å². The molecule has 1 saturated heterocycles. The Kier molecular flexibility index (Phi) is 3.56. The molecule has 0 aliphatic carbocycles. The van der Waals surface area contributed by atoms with Gasteiger partial charge in [0.1, 0.15) is 0 Å². The van der Waals surface area contributed by atoms with Crippen molar-refractivity contribution in [3.05, 3.63) is 21.9 Å². The van der Waals surface area contributed by atoms with Crippen LogP contribution in [0.4, 0.5) is 0 Å². The lowest BCUT2D eigenvalue weighted by Gasteiger charge is -2.27. The monoisotopic (exact) mass is 210 g/mol. The van der Waals surface area contributed by atoms with E-state index in [4.69, 9.17) is 0 Å². The van der Waals surface area contributed by atoms with E-state index < -0.39 is 0 Å². The van der Waals surface area contributed by atoms with Crippen molar-refractivity contribution in [2.75, 3.05) is 26.2 Å². The van der Waals surface area contributed by atoms with Gasteiger partial charge in [-0.2, -0.15) is 0 Å². The van der Waals surface area contributed by atoms with Gasteiger partial charge in [0.15, 0.2) is 0 Å². The molecule has 1 aromatic heterocycles. The molecule has 2 heterocycles. The lowest BCUT2D eigenvalue weighted by atomic mass is 10.2. The van der Waals surface area contributed by atoms with Gasteiger partial charge in [0.05, 0.1) is 0 Å². The fourth-order valence-corrected chi connectivity index (χ4v) is 2.91. The topological polar surface area (TPSA) is 15.3 Å². The van der Waals surface area contributed by atoms with Crippen molar-refractivity contribution in [3.8, 4) is 0 Å². The predicted molar refractivity (Wildman–Crippen MR) is 61.8 cm³/mol. The molecule has 3 heteroatoms. The number of thiophene rings is 1. The second-order valence-electron chi connectivity index (χ2n) is 3.75. The summed E-state index contributed by atoms with van der Waals surface area (Å²) in [5.41, 5.74) is 1.54. The van der Waals surface area contributed by atoms with Crippen LogP contribution in [0.5, 0.6) is 0 Å². The summed E-state index contributed by atoms with van der Waals surface area (Å²) in [6, 6.07) is 2.27. The molecule has 78 valence electrons. The Hall–Kier alpha value is -0.380. The van der Waals surface area contributed by atoms with E-state index in [1.54, 1.807) is 4.88 Å². The number of nitrogens with zero attached hydrogens (tertiary/aromatic N) is 1. The first-order chi connectivity index (χ1) is 6.90. The molecule has 1 fully saturated rings. The van der Waals surface area contributed by atoms with Crippen LogP contribution in [0.25, 0.3) is 0 Å². The van der Waals surface area contributed by atoms with Gasteiger partial charge in [-0.15, -0.1) is 11.3 Å². The zero-order valence-electron chi connectivity index (χ0n) is 8.75. The van der Waals surface area contributed by atoms with Gasteiger partial charge >= 0.3 is 0 Å². The van der Waals surface area contributed by atoms with E-state index >= 15 is 0 Å². The molecule has 0 radical (unpaired) electrons. The van der Waals surface area contributed by atoms with Crippen LogP contribution in [0.3, 0.4) is 0 Å². The van der Waals surface area contributed by atoms with Gasteiger partial charge in [0.2, 0.25) is 0 Å². The number of rotatable bonds is 3. The summed E-state index contributed by atoms with van der Waals surface area (Å²) in [5, 5.41) is 5.60. The smallest absolute Gasteiger partial charge is 0.0331 e.